The minimum Gasteiger partial charge on any atom is -0.341 e. The Morgan fingerprint density at radius 3 is 2.53 bits per heavy atom. The molecular weight excluding hydrogens is 302 g/mol. The second-order valence-corrected chi connectivity index (χ2v) is 6.78. The van der Waals surface area contributed by atoms with Gasteiger partial charge in [-0.25, -0.2) is 0 Å². The van der Waals surface area contributed by atoms with E-state index < -0.39 is 0 Å². The first-order chi connectivity index (χ1) is 9.18. The number of carbonyl (C=O) groups is 1. The molecule has 19 heavy (non-hydrogen) atoms. The summed E-state index contributed by atoms with van der Waals surface area (Å²) in [5.41, 5.74) is 1.18. The van der Waals surface area contributed by atoms with Crippen molar-refractivity contribution in [2.75, 3.05) is 7.05 Å². The highest BCUT2D eigenvalue weighted by Gasteiger charge is 2.55. The van der Waals surface area contributed by atoms with E-state index >= 15 is 0 Å². The van der Waals surface area contributed by atoms with Gasteiger partial charge in [-0.05, 0) is 36.3 Å². The third-order valence-corrected chi connectivity index (χ3v) is 5.46. The number of fused-ring (bicyclic) bond motifs is 1. The highest BCUT2D eigenvalue weighted by atomic mass is 79.9. The van der Waals surface area contributed by atoms with Crippen molar-refractivity contribution in [2.45, 2.75) is 32.2 Å². The van der Waals surface area contributed by atoms with Gasteiger partial charge in [0.15, 0.2) is 0 Å². The molecule has 2 fully saturated rings. The highest BCUT2D eigenvalue weighted by molar-refractivity contribution is 9.10. The Morgan fingerprint density at radius 1 is 1.26 bits per heavy atom. The van der Waals surface area contributed by atoms with E-state index in [9.17, 15) is 4.79 Å². The first kappa shape index (κ1) is 13.2. The van der Waals surface area contributed by atoms with Gasteiger partial charge < -0.3 is 4.90 Å². The number of amides is 1. The predicted octanol–water partition coefficient (Wildman–Crippen LogP) is 3.84. The molecule has 0 heterocycles. The minimum absolute atomic E-state index is 0.329. The van der Waals surface area contributed by atoms with Crippen molar-refractivity contribution in [1.82, 2.24) is 4.90 Å². The fourth-order valence-corrected chi connectivity index (χ4v) is 3.98. The molecule has 3 rings (SSSR count). The lowest BCUT2D eigenvalue weighted by Gasteiger charge is -2.18. The van der Waals surface area contributed by atoms with Crippen molar-refractivity contribution in [3.63, 3.8) is 0 Å². The summed E-state index contributed by atoms with van der Waals surface area (Å²) in [5.74, 6) is 2.08. The van der Waals surface area contributed by atoms with Gasteiger partial charge in [0.2, 0.25) is 5.91 Å². The molecule has 0 aliphatic heterocycles. The average molecular weight is 322 g/mol. The summed E-state index contributed by atoms with van der Waals surface area (Å²) < 4.78 is 1.09. The van der Waals surface area contributed by atoms with Crippen LogP contribution in [-0.4, -0.2) is 17.9 Å². The smallest absolute Gasteiger partial charge is 0.226 e. The van der Waals surface area contributed by atoms with Crippen molar-refractivity contribution < 1.29 is 4.79 Å². The standard InChI is InChI=1S/C16H20BrNO/c1-18(10-11-6-2-5-9-14(11)17)16(19)15-12-7-3-4-8-13(12)15/h2,5-6,9,12-13,15H,3-4,7-8,10H2,1H3. The molecule has 2 unspecified atom stereocenters. The molecule has 0 N–H and O–H groups in total. The number of carbonyl (C=O) groups excluding carboxylic acids is 1. The van der Waals surface area contributed by atoms with Gasteiger partial charge in [-0.3, -0.25) is 4.79 Å². The zero-order valence-corrected chi connectivity index (χ0v) is 12.9. The Kier molecular flexibility index (Phi) is 3.66. The van der Waals surface area contributed by atoms with Crippen molar-refractivity contribution in [3.8, 4) is 0 Å². The maximum Gasteiger partial charge on any atom is 0.226 e. The van der Waals surface area contributed by atoms with E-state index in [1.165, 1.54) is 31.2 Å². The first-order valence-corrected chi connectivity index (χ1v) is 7.96. The first-order valence-electron chi connectivity index (χ1n) is 7.17. The Bertz CT molecular complexity index is 475. The van der Waals surface area contributed by atoms with Gasteiger partial charge in [0.1, 0.15) is 0 Å². The van der Waals surface area contributed by atoms with E-state index in [4.69, 9.17) is 0 Å². The van der Waals surface area contributed by atoms with Crippen LogP contribution in [0.15, 0.2) is 28.7 Å². The van der Waals surface area contributed by atoms with Crippen LogP contribution >= 0.6 is 15.9 Å². The van der Waals surface area contributed by atoms with Gasteiger partial charge in [0, 0.05) is 24.0 Å². The Labute approximate surface area is 123 Å². The third-order valence-electron chi connectivity index (χ3n) is 4.68. The molecule has 0 saturated heterocycles. The van der Waals surface area contributed by atoms with Crippen LogP contribution in [0.3, 0.4) is 0 Å². The van der Waals surface area contributed by atoms with E-state index in [1.54, 1.807) is 0 Å². The molecule has 0 bridgehead atoms. The number of benzene rings is 1. The molecule has 2 saturated carbocycles. The number of rotatable bonds is 3. The molecule has 0 spiro atoms. The normalized spacial score (nSPS) is 28.6. The van der Waals surface area contributed by atoms with Gasteiger partial charge in [-0.1, -0.05) is 47.0 Å². The maximum atomic E-state index is 12.5. The molecule has 0 aromatic heterocycles. The van der Waals surface area contributed by atoms with Gasteiger partial charge >= 0.3 is 0 Å². The second-order valence-electron chi connectivity index (χ2n) is 5.92. The lowest BCUT2D eigenvalue weighted by atomic mass is 10.0. The largest absolute Gasteiger partial charge is 0.341 e. The molecule has 102 valence electrons. The van der Waals surface area contributed by atoms with Crippen LogP contribution in [0.5, 0.6) is 0 Å². The molecule has 2 nitrogen and oxygen atoms in total. The topological polar surface area (TPSA) is 20.3 Å². The average Bonchev–Trinajstić information content (AvgIpc) is 3.14. The van der Waals surface area contributed by atoms with Crippen molar-refractivity contribution in [1.29, 1.82) is 0 Å². The number of hydrogen-bond donors (Lipinski definition) is 0. The summed E-state index contributed by atoms with van der Waals surface area (Å²) in [7, 11) is 1.94. The zero-order valence-electron chi connectivity index (χ0n) is 11.3. The van der Waals surface area contributed by atoms with E-state index in [2.05, 4.69) is 22.0 Å². The summed E-state index contributed by atoms with van der Waals surface area (Å²) in [6.45, 7) is 0.705. The summed E-state index contributed by atoms with van der Waals surface area (Å²) in [6.07, 6.45) is 5.17. The number of nitrogens with zero attached hydrogens (tertiary/aromatic N) is 1. The molecule has 1 aromatic rings. The van der Waals surface area contributed by atoms with Gasteiger partial charge in [0.05, 0.1) is 0 Å². The third kappa shape index (κ3) is 2.58. The van der Waals surface area contributed by atoms with E-state index in [1.807, 2.05) is 30.1 Å². The lowest BCUT2D eigenvalue weighted by Crippen LogP contribution is -2.28. The number of hydrogen-bond acceptors (Lipinski definition) is 1. The number of halogens is 1. The van der Waals surface area contributed by atoms with Crippen LogP contribution in [0, 0.1) is 17.8 Å². The Balaban J connectivity index is 1.63. The minimum atomic E-state index is 0.329. The van der Waals surface area contributed by atoms with Crippen molar-refractivity contribution in [3.05, 3.63) is 34.3 Å². The molecule has 2 atom stereocenters. The second kappa shape index (κ2) is 5.28. The Morgan fingerprint density at radius 2 is 1.89 bits per heavy atom. The molecule has 0 radical (unpaired) electrons. The quantitative estimate of drug-likeness (QED) is 0.828. The molecule has 2 aliphatic rings. The Hall–Kier alpha value is -0.830. The van der Waals surface area contributed by atoms with Crippen molar-refractivity contribution >= 4 is 21.8 Å². The molecular formula is C16H20BrNO. The lowest BCUT2D eigenvalue weighted by molar-refractivity contribution is -0.132. The summed E-state index contributed by atoms with van der Waals surface area (Å²) in [6, 6.07) is 8.14. The summed E-state index contributed by atoms with van der Waals surface area (Å²) in [5, 5.41) is 0. The monoisotopic (exact) mass is 321 g/mol. The van der Waals surface area contributed by atoms with Gasteiger partial charge in [-0.2, -0.15) is 0 Å². The van der Waals surface area contributed by atoms with E-state index in [0.29, 0.717) is 30.2 Å². The summed E-state index contributed by atoms with van der Waals surface area (Å²) >= 11 is 3.55. The highest BCUT2D eigenvalue weighted by Crippen LogP contribution is 2.56. The fraction of sp³-hybridized carbons (Fsp3) is 0.562. The maximum absolute atomic E-state index is 12.5. The molecule has 1 aromatic carbocycles. The van der Waals surface area contributed by atoms with Crippen LogP contribution in [-0.2, 0) is 11.3 Å². The van der Waals surface area contributed by atoms with Crippen LogP contribution in [0.25, 0.3) is 0 Å². The summed E-state index contributed by atoms with van der Waals surface area (Å²) in [4.78, 5) is 14.4. The SMILES string of the molecule is CN(Cc1ccccc1Br)C(=O)C1C2CCCCC21. The zero-order chi connectivity index (χ0) is 13.4. The van der Waals surface area contributed by atoms with Crippen LogP contribution in [0.4, 0.5) is 0 Å². The van der Waals surface area contributed by atoms with E-state index in [0.717, 1.165) is 4.47 Å². The van der Waals surface area contributed by atoms with Crippen LogP contribution < -0.4 is 0 Å². The van der Waals surface area contributed by atoms with Crippen molar-refractivity contribution in [2.24, 2.45) is 17.8 Å². The molecule has 1 amide bonds. The van der Waals surface area contributed by atoms with Crippen LogP contribution in [0.2, 0.25) is 0 Å². The van der Waals surface area contributed by atoms with E-state index in [-0.39, 0.29) is 0 Å². The fourth-order valence-electron chi connectivity index (χ4n) is 3.57. The molecule has 3 heteroatoms. The molecule has 2 aliphatic carbocycles. The van der Waals surface area contributed by atoms with Crippen LogP contribution in [0.1, 0.15) is 31.2 Å². The predicted molar refractivity (Wildman–Crippen MR) is 79.6 cm³/mol. The van der Waals surface area contributed by atoms with Gasteiger partial charge in [-0.15, -0.1) is 0 Å². The van der Waals surface area contributed by atoms with Gasteiger partial charge in [0.25, 0.3) is 0 Å².